The molecule has 0 atom stereocenters. The number of rotatable bonds is 5. The number of hydrogen-bond acceptors (Lipinski definition) is 5. The first-order valence-electron chi connectivity index (χ1n) is 6.16. The van der Waals surface area contributed by atoms with E-state index in [1.807, 2.05) is 37.4 Å². The van der Waals surface area contributed by atoms with E-state index in [4.69, 9.17) is 10.5 Å². The molecular formula is C14H18N4O. The highest BCUT2D eigenvalue weighted by Gasteiger charge is 2.06. The normalized spacial score (nSPS) is 10.3. The van der Waals surface area contributed by atoms with Crippen LogP contribution in [-0.4, -0.2) is 30.2 Å². The number of aromatic nitrogens is 2. The van der Waals surface area contributed by atoms with Gasteiger partial charge in [-0.3, -0.25) is 0 Å². The minimum Gasteiger partial charge on any atom is -0.497 e. The quantitative estimate of drug-likeness (QED) is 0.856. The van der Waals surface area contributed by atoms with Crippen molar-refractivity contribution in [3.8, 4) is 17.0 Å². The number of aryl methyl sites for hydroxylation is 1. The van der Waals surface area contributed by atoms with Crippen molar-refractivity contribution in [2.45, 2.75) is 6.92 Å². The summed E-state index contributed by atoms with van der Waals surface area (Å²) in [6.07, 6.45) is 1.81. The van der Waals surface area contributed by atoms with E-state index in [-0.39, 0.29) is 0 Å². The van der Waals surface area contributed by atoms with Gasteiger partial charge in [0, 0.05) is 24.8 Å². The van der Waals surface area contributed by atoms with Gasteiger partial charge in [0.2, 0.25) is 5.95 Å². The molecule has 3 N–H and O–H groups in total. The maximum absolute atomic E-state index is 5.46. The summed E-state index contributed by atoms with van der Waals surface area (Å²) in [7, 11) is 1.65. The molecule has 0 saturated carbocycles. The first-order valence-corrected chi connectivity index (χ1v) is 6.16. The van der Waals surface area contributed by atoms with Crippen LogP contribution in [0.1, 0.15) is 5.56 Å². The maximum Gasteiger partial charge on any atom is 0.223 e. The Bertz CT molecular complexity index is 540. The van der Waals surface area contributed by atoms with Crippen LogP contribution in [0.2, 0.25) is 0 Å². The fraction of sp³-hybridized carbons (Fsp3) is 0.286. The van der Waals surface area contributed by atoms with Crippen LogP contribution in [0.5, 0.6) is 5.75 Å². The van der Waals surface area contributed by atoms with E-state index in [1.54, 1.807) is 7.11 Å². The van der Waals surface area contributed by atoms with Crippen LogP contribution >= 0.6 is 0 Å². The molecule has 100 valence electrons. The Labute approximate surface area is 112 Å². The highest BCUT2D eigenvalue weighted by Crippen LogP contribution is 2.24. The standard InChI is InChI=1S/C14H18N4O/c1-10-9-17-14(16-8-7-15)18-13(10)11-3-5-12(19-2)6-4-11/h3-6,9H,7-8,15H2,1-2H3,(H,16,17,18). The molecule has 5 heteroatoms. The molecule has 2 rings (SSSR count). The van der Waals surface area contributed by atoms with Gasteiger partial charge in [0.05, 0.1) is 12.8 Å². The van der Waals surface area contributed by atoms with Gasteiger partial charge in [-0.2, -0.15) is 0 Å². The van der Waals surface area contributed by atoms with Crippen molar-refractivity contribution < 1.29 is 4.74 Å². The van der Waals surface area contributed by atoms with Crippen molar-refractivity contribution in [2.75, 3.05) is 25.5 Å². The lowest BCUT2D eigenvalue weighted by atomic mass is 10.1. The summed E-state index contributed by atoms with van der Waals surface area (Å²) in [5.41, 5.74) is 8.44. The van der Waals surface area contributed by atoms with Crippen LogP contribution < -0.4 is 15.8 Å². The van der Waals surface area contributed by atoms with E-state index in [0.717, 1.165) is 22.6 Å². The van der Waals surface area contributed by atoms with Gasteiger partial charge in [-0.05, 0) is 36.8 Å². The molecule has 0 radical (unpaired) electrons. The van der Waals surface area contributed by atoms with E-state index in [1.165, 1.54) is 0 Å². The third-order valence-corrected chi connectivity index (χ3v) is 2.76. The van der Waals surface area contributed by atoms with E-state index in [0.29, 0.717) is 19.0 Å². The Morgan fingerprint density at radius 1 is 1.26 bits per heavy atom. The van der Waals surface area contributed by atoms with Gasteiger partial charge in [0.15, 0.2) is 0 Å². The predicted octanol–water partition coefficient (Wildman–Crippen LogP) is 1.83. The molecule has 0 amide bonds. The highest BCUT2D eigenvalue weighted by molar-refractivity contribution is 5.64. The fourth-order valence-corrected chi connectivity index (χ4v) is 1.75. The van der Waals surface area contributed by atoms with E-state index in [2.05, 4.69) is 15.3 Å². The van der Waals surface area contributed by atoms with Gasteiger partial charge >= 0.3 is 0 Å². The SMILES string of the molecule is COc1ccc(-c2nc(NCCN)ncc2C)cc1. The fourth-order valence-electron chi connectivity index (χ4n) is 1.75. The number of methoxy groups -OCH3 is 1. The number of nitrogens with zero attached hydrogens (tertiary/aromatic N) is 2. The van der Waals surface area contributed by atoms with Crippen molar-refractivity contribution in [1.82, 2.24) is 9.97 Å². The number of hydrogen-bond donors (Lipinski definition) is 2. The minimum atomic E-state index is 0.551. The van der Waals surface area contributed by atoms with Crippen LogP contribution in [0.25, 0.3) is 11.3 Å². The molecular weight excluding hydrogens is 240 g/mol. The molecule has 0 fully saturated rings. The van der Waals surface area contributed by atoms with Crippen LogP contribution in [-0.2, 0) is 0 Å². The number of ether oxygens (including phenoxy) is 1. The molecule has 0 aliphatic heterocycles. The Morgan fingerprint density at radius 3 is 2.63 bits per heavy atom. The summed E-state index contributed by atoms with van der Waals surface area (Å²) < 4.78 is 5.15. The lowest BCUT2D eigenvalue weighted by Gasteiger charge is -2.09. The molecule has 0 bridgehead atoms. The summed E-state index contributed by atoms with van der Waals surface area (Å²) in [6, 6.07) is 7.81. The number of nitrogens with one attached hydrogen (secondary N) is 1. The van der Waals surface area contributed by atoms with Crippen LogP contribution in [0.15, 0.2) is 30.5 Å². The van der Waals surface area contributed by atoms with Crippen molar-refractivity contribution in [1.29, 1.82) is 0 Å². The topological polar surface area (TPSA) is 73.1 Å². The van der Waals surface area contributed by atoms with Gasteiger partial charge in [0.1, 0.15) is 5.75 Å². The monoisotopic (exact) mass is 258 g/mol. The first kappa shape index (κ1) is 13.3. The van der Waals surface area contributed by atoms with Gasteiger partial charge in [-0.25, -0.2) is 9.97 Å². The van der Waals surface area contributed by atoms with Crippen LogP contribution in [0, 0.1) is 6.92 Å². The molecule has 0 aliphatic rings. The van der Waals surface area contributed by atoms with Crippen LogP contribution in [0.4, 0.5) is 5.95 Å². The molecule has 0 saturated heterocycles. The largest absolute Gasteiger partial charge is 0.497 e. The van der Waals surface area contributed by atoms with Gasteiger partial charge in [-0.15, -0.1) is 0 Å². The van der Waals surface area contributed by atoms with E-state index < -0.39 is 0 Å². The zero-order valence-corrected chi connectivity index (χ0v) is 11.2. The molecule has 0 aliphatic carbocycles. The lowest BCUT2D eigenvalue weighted by molar-refractivity contribution is 0.415. The van der Waals surface area contributed by atoms with Gasteiger partial charge in [0.25, 0.3) is 0 Å². The summed E-state index contributed by atoms with van der Waals surface area (Å²) in [6.45, 7) is 3.20. The zero-order valence-electron chi connectivity index (χ0n) is 11.2. The summed E-state index contributed by atoms with van der Waals surface area (Å²) in [5, 5.41) is 3.08. The molecule has 1 heterocycles. The Kier molecular flexibility index (Phi) is 4.30. The van der Waals surface area contributed by atoms with Crippen molar-refractivity contribution in [2.24, 2.45) is 5.73 Å². The van der Waals surface area contributed by atoms with Crippen molar-refractivity contribution in [3.05, 3.63) is 36.0 Å². The molecule has 1 aromatic heterocycles. The summed E-state index contributed by atoms with van der Waals surface area (Å²) in [4.78, 5) is 8.75. The zero-order chi connectivity index (χ0) is 13.7. The summed E-state index contributed by atoms with van der Waals surface area (Å²) in [5.74, 6) is 1.43. The van der Waals surface area contributed by atoms with Crippen molar-refractivity contribution >= 4 is 5.95 Å². The maximum atomic E-state index is 5.46. The first-order chi connectivity index (χ1) is 9.24. The average molecular weight is 258 g/mol. The van der Waals surface area contributed by atoms with Crippen molar-refractivity contribution in [3.63, 3.8) is 0 Å². The van der Waals surface area contributed by atoms with Crippen LogP contribution in [0.3, 0.4) is 0 Å². The smallest absolute Gasteiger partial charge is 0.223 e. The minimum absolute atomic E-state index is 0.551. The molecule has 0 spiro atoms. The molecule has 19 heavy (non-hydrogen) atoms. The summed E-state index contributed by atoms with van der Waals surface area (Å²) >= 11 is 0. The second kappa shape index (κ2) is 6.15. The second-order valence-corrected chi connectivity index (χ2v) is 4.17. The Balaban J connectivity index is 2.31. The second-order valence-electron chi connectivity index (χ2n) is 4.17. The van der Waals surface area contributed by atoms with E-state index in [9.17, 15) is 0 Å². The average Bonchev–Trinajstić information content (AvgIpc) is 2.46. The predicted molar refractivity (Wildman–Crippen MR) is 76.3 cm³/mol. The number of benzene rings is 1. The Morgan fingerprint density at radius 2 is 2.00 bits per heavy atom. The van der Waals surface area contributed by atoms with E-state index >= 15 is 0 Å². The van der Waals surface area contributed by atoms with Gasteiger partial charge in [-0.1, -0.05) is 0 Å². The Hall–Kier alpha value is -2.14. The third-order valence-electron chi connectivity index (χ3n) is 2.76. The lowest BCUT2D eigenvalue weighted by Crippen LogP contribution is -2.15. The molecule has 5 nitrogen and oxygen atoms in total. The number of nitrogens with two attached hydrogens (primary N) is 1. The third kappa shape index (κ3) is 3.20. The highest BCUT2D eigenvalue weighted by atomic mass is 16.5. The molecule has 2 aromatic rings. The van der Waals surface area contributed by atoms with Gasteiger partial charge < -0.3 is 15.8 Å². The molecule has 1 aromatic carbocycles. The number of anilines is 1. The molecule has 0 unspecified atom stereocenters.